The molecule has 0 aromatic heterocycles. The molecular weight excluding hydrogens is 284 g/mol. The highest BCUT2D eigenvalue weighted by Crippen LogP contribution is 2.09. The summed E-state index contributed by atoms with van der Waals surface area (Å²) in [7, 11) is 0. The third kappa shape index (κ3) is 5.98. The van der Waals surface area contributed by atoms with Crippen LogP contribution in [0, 0.1) is 0 Å². The Morgan fingerprint density at radius 1 is 1.32 bits per heavy atom. The molecule has 1 atom stereocenters. The van der Waals surface area contributed by atoms with Crippen molar-refractivity contribution in [1.29, 1.82) is 0 Å². The van der Waals surface area contributed by atoms with E-state index in [9.17, 15) is 9.59 Å². The summed E-state index contributed by atoms with van der Waals surface area (Å²) in [4.78, 5) is 22.7. The van der Waals surface area contributed by atoms with Gasteiger partial charge < -0.3 is 10.6 Å². The van der Waals surface area contributed by atoms with Crippen LogP contribution in [-0.2, 0) is 16.0 Å². The van der Waals surface area contributed by atoms with E-state index in [0.717, 1.165) is 5.56 Å². The van der Waals surface area contributed by atoms with Crippen LogP contribution in [0.5, 0.6) is 0 Å². The van der Waals surface area contributed by atoms with Crippen molar-refractivity contribution < 1.29 is 9.59 Å². The third-order valence-corrected chi connectivity index (χ3v) is 3.12. The first-order valence-corrected chi connectivity index (χ1v) is 6.94. The number of hydrogen-bond donors (Lipinski definition) is 3. The molecule has 4 nitrogen and oxygen atoms in total. The highest BCUT2D eigenvalue weighted by Gasteiger charge is 2.16. The minimum atomic E-state index is -0.592. The smallest absolute Gasteiger partial charge is 0.243 e. The fourth-order valence-corrected chi connectivity index (χ4v) is 1.93. The maximum Gasteiger partial charge on any atom is 0.243 e. The lowest BCUT2D eigenvalue weighted by Crippen LogP contribution is -2.47. The SMILES string of the molecule is CC(=O)NC(CS)C(=O)NCCc1ccc(Cl)cc1. The van der Waals surface area contributed by atoms with Crippen molar-refractivity contribution in [2.45, 2.75) is 19.4 Å². The van der Waals surface area contributed by atoms with Gasteiger partial charge in [0.1, 0.15) is 6.04 Å². The molecular formula is C13H17ClN2O2S. The number of carbonyl (C=O) groups is 2. The summed E-state index contributed by atoms with van der Waals surface area (Å²) in [5.74, 6) is -0.196. The maximum absolute atomic E-state index is 11.8. The van der Waals surface area contributed by atoms with Crippen molar-refractivity contribution in [2.24, 2.45) is 0 Å². The second-order valence-corrected chi connectivity index (χ2v) is 4.90. The number of halogens is 1. The van der Waals surface area contributed by atoms with E-state index >= 15 is 0 Å². The molecule has 1 aromatic rings. The number of rotatable bonds is 6. The van der Waals surface area contributed by atoms with Crippen LogP contribution >= 0.6 is 24.2 Å². The zero-order valence-corrected chi connectivity index (χ0v) is 12.3. The maximum atomic E-state index is 11.8. The van der Waals surface area contributed by atoms with E-state index in [1.807, 2.05) is 24.3 Å². The Kier molecular flexibility index (Phi) is 6.73. The van der Waals surface area contributed by atoms with Gasteiger partial charge in [-0.25, -0.2) is 0 Å². The molecule has 6 heteroatoms. The van der Waals surface area contributed by atoms with E-state index in [-0.39, 0.29) is 17.6 Å². The first kappa shape index (κ1) is 15.9. The van der Waals surface area contributed by atoms with Gasteiger partial charge in [-0.15, -0.1) is 0 Å². The largest absolute Gasteiger partial charge is 0.354 e. The van der Waals surface area contributed by atoms with E-state index in [4.69, 9.17) is 11.6 Å². The molecule has 0 saturated carbocycles. The lowest BCUT2D eigenvalue weighted by Gasteiger charge is -2.15. The number of amides is 2. The standard InChI is InChI=1S/C13H17ClN2O2S/c1-9(17)16-12(8-19)13(18)15-7-6-10-2-4-11(14)5-3-10/h2-5,12,19H,6-8H2,1H3,(H,15,18)(H,16,17). The molecule has 104 valence electrons. The van der Waals surface area contributed by atoms with Crippen molar-refractivity contribution in [1.82, 2.24) is 10.6 Å². The molecule has 1 unspecified atom stereocenters. The summed E-state index contributed by atoms with van der Waals surface area (Å²) in [6.45, 7) is 1.88. The third-order valence-electron chi connectivity index (χ3n) is 2.50. The highest BCUT2D eigenvalue weighted by atomic mass is 35.5. The Morgan fingerprint density at radius 3 is 2.47 bits per heavy atom. The lowest BCUT2D eigenvalue weighted by atomic mass is 10.1. The monoisotopic (exact) mass is 300 g/mol. The summed E-state index contributed by atoms with van der Waals surface area (Å²) < 4.78 is 0. The van der Waals surface area contributed by atoms with Gasteiger partial charge in [0, 0.05) is 24.2 Å². The molecule has 0 saturated heterocycles. The number of hydrogen-bond acceptors (Lipinski definition) is 3. The van der Waals surface area contributed by atoms with Gasteiger partial charge in [0.05, 0.1) is 0 Å². The predicted molar refractivity (Wildman–Crippen MR) is 79.6 cm³/mol. The quantitative estimate of drug-likeness (QED) is 0.696. The molecule has 0 bridgehead atoms. The van der Waals surface area contributed by atoms with E-state index in [1.54, 1.807) is 0 Å². The van der Waals surface area contributed by atoms with Crippen LogP contribution in [0.3, 0.4) is 0 Å². The Balaban J connectivity index is 2.37. The molecule has 1 aromatic carbocycles. The summed E-state index contributed by atoms with van der Waals surface area (Å²) in [5.41, 5.74) is 1.09. The van der Waals surface area contributed by atoms with E-state index in [1.165, 1.54) is 6.92 Å². The summed E-state index contributed by atoms with van der Waals surface area (Å²) in [6, 6.07) is 6.86. The van der Waals surface area contributed by atoms with Gasteiger partial charge in [-0.05, 0) is 24.1 Å². The molecule has 0 aliphatic heterocycles. The first-order chi connectivity index (χ1) is 9.02. The summed E-state index contributed by atoms with van der Waals surface area (Å²) in [5, 5.41) is 6.00. The number of nitrogens with one attached hydrogen (secondary N) is 2. The van der Waals surface area contributed by atoms with Gasteiger partial charge in [0.2, 0.25) is 11.8 Å². The fraction of sp³-hybridized carbons (Fsp3) is 0.385. The molecule has 0 spiro atoms. The van der Waals surface area contributed by atoms with Gasteiger partial charge in [-0.1, -0.05) is 23.7 Å². The van der Waals surface area contributed by atoms with Gasteiger partial charge >= 0.3 is 0 Å². The van der Waals surface area contributed by atoms with Crippen LogP contribution in [0.2, 0.25) is 5.02 Å². The average Bonchev–Trinajstić information content (AvgIpc) is 2.38. The normalized spacial score (nSPS) is 11.7. The Labute approximate surface area is 123 Å². The molecule has 0 heterocycles. The van der Waals surface area contributed by atoms with Crippen LogP contribution < -0.4 is 10.6 Å². The van der Waals surface area contributed by atoms with Gasteiger partial charge in [-0.2, -0.15) is 12.6 Å². The molecule has 0 radical (unpaired) electrons. The summed E-state index contributed by atoms with van der Waals surface area (Å²) in [6.07, 6.45) is 0.711. The topological polar surface area (TPSA) is 58.2 Å². The van der Waals surface area contributed by atoms with Crippen molar-refractivity contribution in [3.63, 3.8) is 0 Å². The van der Waals surface area contributed by atoms with Gasteiger partial charge in [0.15, 0.2) is 0 Å². The van der Waals surface area contributed by atoms with Crippen LogP contribution in [0.15, 0.2) is 24.3 Å². The Hall–Kier alpha value is -1.20. The molecule has 0 aliphatic carbocycles. The average molecular weight is 301 g/mol. The second kappa shape index (κ2) is 8.07. The zero-order chi connectivity index (χ0) is 14.3. The highest BCUT2D eigenvalue weighted by molar-refractivity contribution is 7.80. The molecule has 0 aliphatic rings. The molecule has 1 rings (SSSR count). The van der Waals surface area contributed by atoms with E-state index in [0.29, 0.717) is 18.0 Å². The predicted octanol–water partition coefficient (Wildman–Crippen LogP) is 1.43. The number of benzene rings is 1. The minimum Gasteiger partial charge on any atom is -0.354 e. The van der Waals surface area contributed by atoms with Crippen molar-refractivity contribution in [2.75, 3.05) is 12.3 Å². The van der Waals surface area contributed by atoms with Crippen LogP contribution in [-0.4, -0.2) is 30.2 Å². The Bertz CT molecular complexity index is 437. The van der Waals surface area contributed by atoms with Crippen LogP contribution in [0.25, 0.3) is 0 Å². The van der Waals surface area contributed by atoms with Gasteiger partial charge in [-0.3, -0.25) is 9.59 Å². The van der Waals surface area contributed by atoms with Crippen molar-refractivity contribution >= 4 is 36.0 Å². The summed E-state index contributed by atoms with van der Waals surface area (Å²) >= 11 is 9.83. The molecule has 2 amide bonds. The molecule has 19 heavy (non-hydrogen) atoms. The van der Waals surface area contributed by atoms with E-state index < -0.39 is 6.04 Å². The van der Waals surface area contributed by atoms with Crippen molar-refractivity contribution in [3.05, 3.63) is 34.9 Å². The number of thiol groups is 1. The number of carbonyl (C=O) groups excluding carboxylic acids is 2. The molecule has 0 fully saturated rings. The fourth-order valence-electron chi connectivity index (χ4n) is 1.54. The first-order valence-electron chi connectivity index (χ1n) is 5.93. The minimum absolute atomic E-state index is 0.223. The second-order valence-electron chi connectivity index (χ2n) is 4.10. The molecule has 2 N–H and O–H groups in total. The zero-order valence-electron chi connectivity index (χ0n) is 10.6. The lowest BCUT2D eigenvalue weighted by molar-refractivity contribution is -0.127. The van der Waals surface area contributed by atoms with Gasteiger partial charge in [0.25, 0.3) is 0 Å². The Morgan fingerprint density at radius 2 is 1.95 bits per heavy atom. The van der Waals surface area contributed by atoms with Crippen LogP contribution in [0.4, 0.5) is 0 Å². The van der Waals surface area contributed by atoms with E-state index in [2.05, 4.69) is 23.3 Å². The van der Waals surface area contributed by atoms with Crippen LogP contribution in [0.1, 0.15) is 12.5 Å². The van der Waals surface area contributed by atoms with Crippen molar-refractivity contribution in [3.8, 4) is 0 Å².